The number of halogens is 1. The van der Waals surface area contributed by atoms with Gasteiger partial charge >= 0.3 is 5.82 Å². The molecule has 3 N–H and O–H groups in total. The van der Waals surface area contributed by atoms with Crippen molar-refractivity contribution in [1.82, 2.24) is 20.2 Å². The average molecular weight is 341 g/mol. The standard InChI is InChI=1S/C10H9BrN6O3/c11-7-5-16(15-9(7)17(19)20)4-6-2-1-3-8(13-6)10(18)14-12/h1-3,5H,4,12H2,(H,14,18). The molecule has 2 aromatic rings. The minimum atomic E-state index is -0.591. The molecule has 0 aliphatic carbocycles. The highest BCUT2D eigenvalue weighted by molar-refractivity contribution is 9.10. The molecular formula is C10H9BrN6O3. The second-order valence-electron chi connectivity index (χ2n) is 3.74. The van der Waals surface area contributed by atoms with Crippen LogP contribution in [0.2, 0.25) is 0 Å². The summed E-state index contributed by atoms with van der Waals surface area (Å²) in [5.74, 6) is 4.23. The van der Waals surface area contributed by atoms with E-state index in [-0.39, 0.29) is 22.5 Å². The Bertz CT molecular complexity index is 671. The van der Waals surface area contributed by atoms with Crippen molar-refractivity contribution in [3.8, 4) is 0 Å². The van der Waals surface area contributed by atoms with Crippen molar-refractivity contribution in [2.45, 2.75) is 6.54 Å². The van der Waals surface area contributed by atoms with Crippen LogP contribution in [0, 0.1) is 10.1 Å². The lowest BCUT2D eigenvalue weighted by Crippen LogP contribution is -2.30. The van der Waals surface area contributed by atoms with Gasteiger partial charge < -0.3 is 10.1 Å². The Hall–Kier alpha value is -2.33. The zero-order valence-electron chi connectivity index (χ0n) is 9.99. The number of nitrogens with one attached hydrogen (secondary N) is 1. The van der Waals surface area contributed by atoms with Crippen molar-refractivity contribution in [3.63, 3.8) is 0 Å². The van der Waals surface area contributed by atoms with Crippen molar-refractivity contribution in [1.29, 1.82) is 0 Å². The Morgan fingerprint density at radius 3 is 2.90 bits per heavy atom. The fraction of sp³-hybridized carbons (Fsp3) is 0.100. The fourth-order valence-electron chi connectivity index (χ4n) is 1.53. The number of hydrogen-bond donors (Lipinski definition) is 2. The van der Waals surface area contributed by atoms with Crippen LogP contribution in [-0.4, -0.2) is 25.6 Å². The predicted molar refractivity (Wildman–Crippen MR) is 71.6 cm³/mol. The van der Waals surface area contributed by atoms with Gasteiger partial charge in [-0.2, -0.15) is 4.68 Å². The van der Waals surface area contributed by atoms with E-state index in [4.69, 9.17) is 5.84 Å². The van der Waals surface area contributed by atoms with E-state index in [1.165, 1.54) is 16.9 Å². The molecule has 104 valence electrons. The molecule has 0 spiro atoms. The highest BCUT2D eigenvalue weighted by atomic mass is 79.9. The largest absolute Gasteiger partial charge is 0.404 e. The monoisotopic (exact) mass is 340 g/mol. The zero-order chi connectivity index (χ0) is 14.7. The molecule has 0 aliphatic rings. The van der Waals surface area contributed by atoms with E-state index >= 15 is 0 Å². The number of hydrazine groups is 1. The van der Waals surface area contributed by atoms with E-state index < -0.39 is 10.8 Å². The molecule has 2 heterocycles. The molecule has 0 aromatic carbocycles. The van der Waals surface area contributed by atoms with Gasteiger partial charge in [-0.05, 0) is 33.0 Å². The fourth-order valence-corrected chi connectivity index (χ4v) is 1.99. The first-order valence-electron chi connectivity index (χ1n) is 5.35. The second-order valence-corrected chi connectivity index (χ2v) is 4.60. The van der Waals surface area contributed by atoms with Gasteiger partial charge in [0.15, 0.2) is 0 Å². The van der Waals surface area contributed by atoms with Crippen molar-refractivity contribution in [2.75, 3.05) is 0 Å². The predicted octanol–water partition coefficient (Wildman–Crippen LogP) is 0.601. The first-order chi connectivity index (χ1) is 9.51. The Morgan fingerprint density at radius 1 is 1.55 bits per heavy atom. The lowest BCUT2D eigenvalue weighted by molar-refractivity contribution is -0.390. The van der Waals surface area contributed by atoms with Gasteiger partial charge in [-0.25, -0.2) is 10.8 Å². The summed E-state index contributed by atoms with van der Waals surface area (Å²) >= 11 is 3.05. The number of amides is 1. The number of pyridine rings is 1. The molecule has 0 atom stereocenters. The van der Waals surface area contributed by atoms with Gasteiger partial charge in [-0.3, -0.25) is 10.2 Å². The molecule has 10 heteroatoms. The van der Waals surface area contributed by atoms with Crippen LogP contribution in [0.3, 0.4) is 0 Å². The van der Waals surface area contributed by atoms with Gasteiger partial charge in [0.1, 0.15) is 16.7 Å². The molecule has 0 radical (unpaired) electrons. The molecular weight excluding hydrogens is 332 g/mol. The quantitative estimate of drug-likeness (QED) is 0.363. The summed E-state index contributed by atoms with van der Waals surface area (Å²) in [4.78, 5) is 25.5. The number of hydrogen-bond acceptors (Lipinski definition) is 6. The normalized spacial score (nSPS) is 10.3. The highest BCUT2D eigenvalue weighted by Gasteiger charge is 2.19. The van der Waals surface area contributed by atoms with Gasteiger partial charge in [0.2, 0.25) is 0 Å². The van der Waals surface area contributed by atoms with Gasteiger partial charge in [-0.1, -0.05) is 6.07 Å². The Morgan fingerprint density at radius 2 is 2.30 bits per heavy atom. The maximum atomic E-state index is 11.3. The van der Waals surface area contributed by atoms with Gasteiger partial charge in [0, 0.05) is 0 Å². The molecule has 0 fully saturated rings. The smallest absolute Gasteiger partial charge is 0.358 e. The van der Waals surface area contributed by atoms with Gasteiger partial charge in [-0.15, -0.1) is 0 Å². The summed E-state index contributed by atoms with van der Waals surface area (Å²) in [6, 6.07) is 4.82. The molecule has 0 unspecified atom stereocenters. The summed E-state index contributed by atoms with van der Waals surface area (Å²) < 4.78 is 1.63. The number of nitrogens with two attached hydrogens (primary N) is 1. The van der Waals surface area contributed by atoms with Crippen molar-refractivity contribution >= 4 is 27.7 Å². The maximum absolute atomic E-state index is 11.3. The van der Waals surface area contributed by atoms with Gasteiger partial charge in [0.25, 0.3) is 5.91 Å². The average Bonchev–Trinajstić information content (AvgIpc) is 2.79. The van der Waals surface area contributed by atoms with E-state index in [0.29, 0.717) is 5.69 Å². The number of aromatic nitrogens is 3. The minimum absolute atomic E-state index is 0.158. The molecule has 0 saturated heterocycles. The molecule has 0 aliphatic heterocycles. The molecule has 9 nitrogen and oxygen atoms in total. The lowest BCUT2D eigenvalue weighted by Gasteiger charge is -2.01. The number of nitro groups is 1. The van der Waals surface area contributed by atoms with Crippen LogP contribution in [0.1, 0.15) is 16.2 Å². The van der Waals surface area contributed by atoms with Crippen LogP contribution in [-0.2, 0) is 6.54 Å². The van der Waals surface area contributed by atoms with E-state index in [9.17, 15) is 14.9 Å². The van der Waals surface area contributed by atoms with Crippen LogP contribution < -0.4 is 11.3 Å². The third kappa shape index (κ3) is 2.97. The van der Waals surface area contributed by atoms with Crippen LogP contribution in [0.5, 0.6) is 0 Å². The topological polar surface area (TPSA) is 129 Å². The number of carbonyl (C=O) groups excluding carboxylic acids is 1. The van der Waals surface area contributed by atoms with E-state index in [1.54, 1.807) is 12.1 Å². The van der Waals surface area contributed by atoms with Crippen LogP contribution in [0.15, 0.2) is 28.9 Å². The summed E-state index contributed by atoms with van der Waals surface area (Å²) in [7, 11) is 0. The molecule has 2 rings (SSSR count). The highest BCUT2D eigenvalue weighted by Crippen LogP contribution is 2.22. The van der Waals surface area contributed by atoms with Crippen molar-refractivity contribution in [3.05, 3.63) is 50.4 Å². The number of nitrogens with zero attached hydrogens (tertiary/aromatic N) is 4. The summed E-state index contributed by atoms with van der Waals surface area (Å²) in [6.45, 7) is 0.193. The molecule has 1 amide bonds. The van der Waals surface area contributed by atoms with Crippen LogP contribution >= 0.6 is 15.9 Å². The zero-order valence-corrected chi connectivity index (χ0v) is 11.6. The number of carbonyl (C=O) groups is 1. The molecule has 20 heavy (non-hydrogen) atoms. The summed E-state index contributed by atoms with van der Waals surface area (Å²) in [5.41, 5.74) is 2.66. The number of rotatable bonds is 4. The molecule has 2 aromatic heterocycles. The van der Waals surface area contributed by atoms with Gasteiger partial charge in [0.05, 0.1) is 17.0 Å². The Labute approximate surface area is 121 Å². The molecule has 0 saturated carbocycles. The Balaban J connectivity index is 2.24. The summed E-state index contributed by atoms with van der Waals surface area (Å²) in [6.07, 6.45) is 1.47. The SMILES string of the molecule is NNC(=O)c1cccc(Cn2cc(Br)c([N+](=O)[O-])n2)n1. The number of nitrogen functional groups attached to an aromatic ring is 1. The van der Waals surface area contributed by atoms with E-state index in [2.05, 4.69) is 26.0 Å². The molecule has 0 bridgehead atoms. The first-order valence-corrected chi connectivity index (χ1v) is 6.15. The third-order valence-electron chi connectivity index (χ3n) is 2.37. The van der Waals surface area contributed by atoms with E-state index in [1.807, 2.05) is 5.43 Å². The minimum Gasteiger partial charge on any atom is -0.358 e. The van der Waals surface area contributed by atoms with Crippen LogP contribution in [0.4, 0.5) is 5.82 Å². The Kier molecular flexibility index (Phi) is 4.05. The third-order valence-corrected chi connectivity index (χ3v) is 2.93. The lowest BCUT2D eigenvalue weighted by atomic mass is 10.3. The van der Waals surface area contributed by atoms with Crippen molar-refractivity contribution < 1.29 is 9.72 Å². The van der Waals surface area contributed by atoms with Crippen molar-refractivity contribution in [2.24, 2.45) is 5.84 Å². The second kappa shape index (κ2) is 5.75. The first kappa shape index (κ1) is 14.1. The summed E-state index contributed by atoms with van der Waals surface area (Å²) in [5, 5.41) is 14.5. The van der Waals surface area contributed by atoms with E-state index in [0.717, 1.165) is 0 Å². The maximum Gasteiger partial charge on any atom is 0.404 e. The van der Waals surface area contributed by atoms with Crippen LogP contribution in [0.25, 0.3) is 0 Å².